The zero-order chi connectivity index (χ0) is 22.9. The number of benzene rings is 3. The van der Waals surface area contributed by atoms with Gasteiger partial charge in [0.1, 0.15) is 0 Å². The van der Waals surface area contributed by atoms with E-state index < -0.39 is 0 Å². The molecule has 0 saturated heterocycles. The highest BCUT2D eigenvalue weighted by molar-refractivity contribution is 7.14. The number of imide groups is 1. The largest absolute Gasteiger partial charge is 0.298 e. The molecule has 7 heteroatoms. The lowest BCUT2D eigenvalue weighted by Crippen LogP contribution is -2.29. The first kappa shape index (κ1) is 20.8. The summed E-state index contributed by atoms with van der Waals surface area (Å²) < 4.78 is 0. The Balaban J connectivity index is 1.29. The first-order valence-corrected chi connectivity index (χ1v) is 11.4. The smallest absolute Gasteiger partial charge is 0.266 e. The molecule has 3 aromatic carbocycles. The summed E-state index contributed by atoms with van der Waals surface area (Å²) in [6, 6.07) is 21.3. The minimum absolute atomic E-state index is 0.314. The van der Waals surface area contributed by atoms with Gasteiger partial charge in [-0.1, -0.05) is 43.3 Å². The van der Waals surface area contributed by atoms with Gasteiger partial charge in [0.05, 0.1) is 22.5 Å². The molecule has 1 aliphatic rings. The van der Waals surface area contributed by atoms with Gasteiger partial charge in [-0.25, -0.2) is 9.88 Å². The molecule has 0 spiro atoms. The Bertz CT molecular complexity index is 1340. The van der Waals surface area contributed by atoms with Crippen LogP contribution in [0.15, 0.2) is 78.2 Å². The van der Waals surface area contributed by atoms with Crippen LogP contribution in [0.4, 0.5) is 10.8 Å². The zero-order valence-corrected chi connectivity index (χ0v) is 18.6. The van der Waals surface area contributed by atoms with E-state index in [1.54, 1.807) is 48.5 Å². The summed E-state index contributed by atoms with van der Waals surface area (Å²) in [6.45, 7) is 2.11. The molecule has 0 radical (unpaired) electrons. The van der Waals surface area contributed by atoms with Gasteiger partial charge >= 0.3 is 0 Å². The molecule has 0 unspecified atom stereocenters. The maximum atomic E-state index is 12.7. The highest BCUT2D eigenvalue weighted by Gasteiger charge is 2.36. The second kappa shape index (κ2) is 8.44. The molecule has 0 bridgehead atoms. The third kappa shape index (κ3) is 3.83. The van der Waals surface area contributed by atoms with Gasteiger partial charge in [-0.2, -0.15) is 0 Å². The summed E-state index contributed by atoms with van der Waals surface area (Å²) in [7, 11) is 0. The predicted octanol–water partition coefficient (Wildman–Crippen LogP) is 5.43. The Labute approximate surface area is 194 Å². The minimum Gasteiger partial charge on any atom is -0.298 e. The van der Waals surface area contributed by atoms with Gasteiger partial charge in [0.25, 0.3) is 17.7 Å². The highest BCUT2D eigenvalue weighted by Crippen LogP contribution is 2.29. The third-order valence-corrected chi connectivity index (χ3v) is 6.32. The number of amides is 3. The van der Waals surface area contributed by atoms with Crippen LogP contribution in [-0.2, 0) is 6.42 Å². The Hall–Kier alpha value is -4.10. The highest BCUT2D eigenvalue weighted by atomic mass is 32.1. The Kier molecular flexibility index (Phi) is 5.32. The molecule has 1 aliphatic heterocycles. The number of fused-ring (bicyclic) bond motifs is 1. The SMILES string of the molecule is CCc1ccc(-c2csc(NC(=O)c3ccc(N4C(=O)c5ccccc5C4=O)cc3)n2)cc1. The fourth-order valence-electron chi connectivity index (χ4n) is 3.73. The average molecular weight is 454 g/mol. The van der Waals surface area contributed by atoms with Crippen molar-refractivity contribution in [3.8, 4) is 11.3 Å². The van der Waals surface area contributed by atoms with E-state index in [2.05, 4.69) is 29.4 Å². The number of anilines is 2. The first-order chi connectivity index (χ1) is 16.0. The second-order valence-electron chi connectivity index (χ2n) is 7.58. The molecule has 5 rings (SSSR count). The molecule has 1 N–H and O–H groups in total. The molecule has 0 aliphatic carbocycles. The third-order valence-electron chi connectivity index (χ3n) is 5.56. The molecule has 162 valence electrons. The van der Waals surface area contributed by atoms with Gasteiger partial charge in [0, 0.05) is 16.5 Å². The maximum Gasteiger partial charge on any atom is 0.266 e. The van der Waals surface area contributed by atoms with Crippen molar-refractivity contribution in [1.82, 2.24) is 4.98 Å². The minimum atomic E-state index is -0.366. The molecule has 0 saturated carbocycles. The number of rotatable bonds is 5. The van der Waals surface area contributed by atoms with Crippen molar-refractivity contribution in [3.05, 3.63) is 100 Å². The molecular weight excluding hydrogens is 434 g/mol. The topological polar surface area (TPSA) is 79.4 Å². The van der Waals surface area contributed by atoms with Crippen molar-refractivity contribution in [2.24, 2.45) is 0 Å². The van der Waals surface area contributed by atoms with Gasteiger partial charge in [-0.3, -0.25) is 19.7 Å². The fourth-order valence-corrected chi connectivity index (χ4v) is 4.44. The van der Waals surface area contributed by atoms with Crippen LogP contribution in [0.2, 0.25) is 0 Å². The molecule has 3 amide bonds. The summed E-state index contributed by atoms with van der Waals surface area (Å²) in [5.41, 5.74) is 4.64. The van der Waals surface area contributed by atoms with Gasteiger partial charge in [-0.05, 0) is 48.4 Å². The lowest BCUT2D eigenvalue weighted by Gasteiger charge is -2.14. The quantitative estimate of drug-likeness (QED) is 0.409. The summed E-state index contributed by atoms with van der Waals surface area (Å²) in [6.07, 6.45) is 0.977. The molecular formula is C26H19N3O3S. The van der Waals surface area contributed by atoms with E-state index >= 15 is 0 Å². The summed E-state index contributed by atoms with van der Waals surface area (Å²) >= 11 is 1.35. The Morgan fingerprint density at radius 1 is 0.909 bits per heavy atom. The number of hydrogen-bond donors (Lipinski definition) is 1. The molecule has 0 fully saturated rings. The number of aromatic nitrogens is 1. The number of carbonyl (C=O) groups is 3. The van der Waals surface area contributed by atoms with E-state index in [4.69, 9.17) is 0 Å². The standard InChI is InChI=1S/C26H19N3O3S/c1-2-16-7-9-17(10-8-16)22-15-33-26(27-22)28-23(30)18-11-13-19(14-12-18)29-24(31)20-5-3-4-6-21(20)25(29)32/h3-15H,2H2,1H3,(H,27,28,30). The summed E-state index contributed by atoms with van der Waals surface area (Å²) in [5, 5.41) is 5.22. The number of carbonyl (C=O) groups excluding carboxylic acids is 3. The summed E-state index contributed by atoms with van der Waals surface area (Å²) in [5.74, 6) is -1.05. The van der Waals surface area contributed by atoms with E-state index in [1.807, 2.05) is 17.5 Å². The van der Waals surface area contributed by atoms with Gasteiger partial charge in [0.15, 0.2) is 5.13 Å². The van der Waals surface area contributed by atoms with Crippen molar-refractivity contribution >= 4 is 39.9 Å². The Morgan fingerprint density at radius 3 is 2.15 bits per heavy atom. The van der Waals surface area contributed by atoms with Crippen LogP contribution in [0.3, 0.4) is 0 Å². The van der Waals surface area contributed by atoms with Crippen LogP contribution in [0.1, 0.15) is 43.6 Å². The van der Waals surface area contributed by atoms with Crippen molar-refractivity contribution in [2.75, 3.05) is 10.2 Å². The molecule has 4 aromatic rings. The number of nitrogens with one attached hydrogen (secondary N) is 1. The van der Waals surface area contributed by atoms with Crippen LogP contribution in [0, 0.1) is 0 Å². The van der Waals surface area contributed by atoms with Gasteiger partial charge < -0.3 is 0 Å². The number of aryl methyl sites for hydroxylation is 1. The van der Waals surface area contributed by atoms with Crippen molar-refractivity contribution in [1.29, 1.82) is 0 Å². The lowest BCUT2D eigenvalue weighted by molar-refractivity contribution is 0.0925. The van der Waals surface area contributed by atoms with Crippen molar-refractivity contribution in [3.63, 3.8) is 0 Å². The Morgan fingerprint density at radius 2 is 1.55 bits per heavy atom. The molecule has 0 atom stereocenters. The second-order valence-corrected chi connectivity index (χ2v) is 8.44. The first-order valence-electron chi connectivity index (χ1n) is 10.5. The predicted molar refractivity (Wildman–Crippen MR) is 129 cm³/mol. The van der Waals surface area contributed by atoms with Crippen LogP contribution < -0.4 is 10.2 Å². The molecule has 6 nitrogen and oxygen atoms in total. The number of thiazole rings is 1. The van der Waals surface area contributed by atoms with E-state index in [-0.39, 0.29) is 17.7 Å². The number of hydrogen-bond acceptors (Lipinski definition) is 5. The fraction of sp³-hybridized carbons (Fsp3) is 0.0769. The van der Waals surface area contributed by atoms with E-state index in [0.717, 1.165) is 22.6 Å². The van der Waals surface area contributed by atoms with E-state index in [0.29, 0.717) is 27.5 Å². The number of nitrogens with zero attached hydrogens (tertiary/aromatic N) is 2. The van der Waals surface area contributed by atoms with Crippen LogP contribution in [0.25, 0.3) is 11.3 Å². The maximum absolute atomic E-state index is 12.7. The van der Waals surface area contributed by atoms with Crippen LogP contribution in [0.5, 0.6) is 0 Å². The average Bonchev–Trinajstić information content (AvgIpc) is 3.42. The molecule has 1 aromatic heterocycles. The van der Waals surface area contributed by atoms with Gasteiger partial charge in [-0.15, -0.1) is 11.3 Å². The van der Waals surface area contributed by atoms with E-state index in [1.165, 1.54) is 16.9 Å². The van der Waals surface area contributed by atoms with Crippen molar-refractivity contribution in [2.45, 2.75) is 13.3 Å². The van der Waals surface area contributed by atoms with Crippen LogP contribution in [-0.4, -0.2) is 22.7 Å². The monoisotopic (exact) mass is 453 g/mol. The zero-order valence-electron chi connectivity index (χ0n) is 17.7. The molecule has 33 heavy (non-hydrogen) atoms. The van der Waals surface area contributed by atoms with Crippen LogP contribution >= 0.6 is 11.3 Å². The van der Waals surface area contributed by atoms with Gasteiger partial charge in [0.2, 0.25) is 0 Å². The van der Waals surface area contributed by atoms with Crippen molar-refractivity contribution < 1.29 is 14.4 Å². The summed E-state index contributed by atoms with van der Waals surface area (Å²) in [4.78, 5) is 43.6. The van der Waals surface area contributed by atoms with E-state index in [9.17, 15) is 14.4 Å². The lowest BCUT2D eigenvalue weighted by atomic mass is 10.1. The normalized spacial score (nSPS) is 12.7. The molecule has 2 heterocycles.